The van der Waals surface area contributed by atoms with Crippen LogP contribution in [-0.4, -0.2) is 32.4 Å². The predicted octanol–water partition coefficient (Wildman–Crippen LogP) is 5.97. The van der Waals surface area contributed by atoms with Crippen molar-refractivity contribution in [2.45, 2.75) is 24.2 Å². The van der Waals surface area contributed by atoms with Gasteiger partial charge in [0.05, 0.1) is 17.6 Å². The van der Waals surface area contributed by atoms with Gasteiger partial charge in [-0.25, -0.2) is 4.98 Å². The number of imidazole rings is 1. The maximum Gasteiger partial charge on any atom is 0.137 e. The summed E-state index contributed by atoms with van der Waals surface area (Å²) in [5, 5.41) is 0. The molecule has 0 spiro atoms. The third-order valence-electron chi connectivity index (χ3n) is 5.65. The van der Waals surface area contributed by atoms with Crippen molar-refractivity contribution in [3.8, 4) is 11.1 Å². The second-order valence-electron chi connectivity index (χ2n) is 7.76. The molecule has 0 bridgehead atoms. The molecule has 1 fully saturated rings. The minimum absolute atomic E-state index is 0.932. The highest BCUT2D eigenvalue weighted by Gasteiger charge is 2.16. The summed E-state index contributed by atoms with van der Waals surface area (Å²) in [6, 6.07) is 16.5. The lowest BCUT2D eigenvalue weighted by Crippen LogP contribution is -2.28. The summed E-state index contributed by atoms with van der Waals surface area (Å²) < 4.78 is 5.52. The van der Waals surface area contributed by atoms with E-state index in [9.17, 15) is 0 Å². The number of pyridine rings is 2. The molecule has 4 heterocycles. The number of piperidine rings is 1. The van der Waals surface area contributed by atoms with Crippen molar-refractivity contribution in [1.82, 2.24) is 19.3 Å². The first-order valence-corrected chi connectivity index (χ1v) is 11.4. The van der Waals surface area contributed by atoms with E-state index >= 15 is 0 Å². The van der Waals surface area contributed by atoms with Gasteiger partial charge in [-0.3, -0.25) is 9.38 Å². The molecule has 0 amide bonds. The lowest BCUT2D eigenvalue weighted by molar-refractivity contribution is 0.325. The first kappa shape index (κ1) is 19.7. The Hall–Kier alpha value is -3.25. The van der Waals surface area contributed by atoms with Gasteiger partial charge in [0.15, 0.2) is 0 Å². The van der Waals surface area contributed by atoms with Gasteiger partial charge in [0.1, 0.15) is 5.65 Å². The number of nitrogens with one attached hydrogen (secondary N) is 1. The minimum Gasteiger partial charge on any atom is -0.370 e. The zero-order chi connectivity index (χ0) is 21.0. The normalized spacial score (nSPS) is 14.0. The largest absolute Gasteiger partial charge is 0.370 e. The summed E-state index contributed by atoms with van der Waals surface area (Å²) in [7, 11) is 0. The van der Waals surface area contributed by atoms with E-state index < -0.39 is 0 Å². The monoisotopic (exact) mass is 427 g/mol. The van der Waals surface area contributed by atoms with Crippen LogP contribution >= 0.6 is 11.9 Å². The molecule has 156 valence electrons. The molecule has 1 N–H and O–H groups in total. The van der Waals surface area contributed by atoms with Crippen molar-refractivity contribution >= 4 is 29.0 Å². The molecule has 1 aliphatic heterocycles. The highest BCUT2D eigenvalue weighted by atomic mass is 32.2. The molecule has 4 aromatic rings. The molecule has 6 heteroatoms. The fourth-order valence-electron chi connectivity index (χ4n) is 3.95. The first-order valence-electron chi connectivity index (χ1n) is 10.6. The number of anilines is 1. The molecule has 5 rings (SSSR count). The van der Waals surface area contributed by atoms with Crippen LogP contribution < -0.4 is 4.72 Å². The number of likely N-dealkylation sites (tertiary alicyclic amines) is 1. The second-order valence-corrected chi connectivity index (χ2v) is 8.64. The van der Waals surface area contributed by atoms with Crippen molar-refractivity contribution in [2.75, 3.05) is 17.8 Å². The average Bonchev–Trinajstić information content (AvgIpc) is 3.27. The average molecular weight is 428 g/mol. The molecular formula is C25H25N5S. The van der Waals surface area contributed by atoms with Crippen LogP contribution in [0.4, 0.5) is 5.69 Å². The van der Waals surface area contributed by atoms with E-state index in [1.54, 1.807) is 11.9 Å². The number of nitrogens with zero attached hydrogens (tertiary/aromatic N) is 4. The zero-order valence-corrected chi connectivity index (χ0v) is 18.2. The van der Waals surface area contributed by atoms with Crippen LogP contribution in [0.25, 0.3) is 22.5 Å². The van der Waals surface area contributed by atoms with E-state index in [4.69, 9.17) is 0 Å². The van der Waals surface area contributed by atoms with E-state index in [0.29, 0.717) is 0 Å². The summed E-state index contributed by atoms with van der Waals surface area (Å²) >= 11 is 1.56. The van der Waals surface area contributed by atoms with Crippen molar-refractivity contribution < 1.29 is 0 Å². The molecule has 0 atom stereocenters. The highest BCUT2D eigenvalue weighted by molar-refractivity contribution is 8.00. The first-order chi connectivity index (χ1) is 15.3. The van der Waals surface area contributed by atoms with Crippen LogP contribution in [0.1, 0.15) is 25.0 Å². The Labute approximate surface area is 187 Å². The quantitative estimate of drug-likeness (QED) is 0.384. The predicted molar refractivity (Wildman–Crippen MR) is 129 cm³/mol. The lowest BCUT2D eigenvalue weighted by Gasteiger charge is -2.30. The molecule has 3 aromatic heterocycles. The van der Waals surface area contributed by atoms with E-state index in [1.165, 1.54) is 19.3 Å². The van der Waals surface area contributed by atoms with Gasteiger partial charge in [0.2, 0.25) is 0 Å². The van der Waals surface area contributed by atoms with Crippen molar-refractivity contribution in [3.63, 3.8) is 0 Å². The molecule has 1 saturated heterocycles. The third-order valence-corrected chi connectivity index (χ3v) is 6.44. The SMILES string of the molecule is C=C(c1cnc2ccc(-c3cncc(SNc4ccccc4)c3)cn12)N1CCCCC1. The van der Waals surface area contributed by atoms with Crippen LogP contribution in [0.15, 0.2) is 84.8 Å². The fourth-order valence-corrected chi connectivity index (χ4v) is 4.62. The van der Waals surface area contributed by atoms with Gasteiger partial charge >= 0.3 is 0 Å². The highest BCUT2D eigenvalue weighted by Crippen LogP contribution is 2.28. The molecule has 31 heavy (non-hydrogen) atoms. The Morgan fingerprint density at radius 2 is 1.77 bits per heavy atom. The Balaban J connectivity index is 1.40. The number of aromatic nitrogens is 3. The van der Waals surface area contributed by atoms with Crippen LogP contribution in [-0.2, 0) is 0 Å². The maximum atomic E-state index is 4.60. The lowest BCUT2D eigenvalue weighted by atomic mass is 10.1. The smallest absolute Gasteiger partial charge is 0.137 e. The molecule has 5 nitrogen and oxygen atoms in total. The summed E-state index contributed by atoms with van der Waals surface area (Å²) in [6.07, 6.45) is 11.6. The van der Waals surface area contributed by atoms with Gasteiger partial charge in [0.25, 0.3) is 0 Å². The summed E-state index contributed by atoms with van der Waals surface area (Å²) in [5.41, 5.74) is 6.29. The maximum absolute atomic E-state index is 4.60. The molecule has 0 radical (unpaired) electrons. The zero-order valence-electron chi connectivity index (χ0n) is 17.4. The number of para-hydroxylation sites is 1. The van der Waals surface area contributed by atoms with Gasteiger partial charge in [-0.05, 0) is 61.5 Å². The van der Waals surface area contributed by atoms with Gasteiger partial charge < -0.3 is 9.62 Å². The molecule has 1 aliphatic rings. The molecule has 0 unspecified atom stereocenters. The second kappa shape index (κ2) is 8.86. The number of benzene rings is 1. The summed E-state index contributed by atoms with van der Waals surface area (Å²) in [5.74, 6) is 0. The molecular weight excluding hydrogens is 402 g/mol. The van der Waals surface area contributed by atoms with Crippen LogP contribution in [0, 0.1) is 0 Å². The van der Waals surface area contributed by atoms with Crippen molar-refractivity contribution in [2.24, 2.45) is 0 Å². The topological polar surface area (TPSA) is 45.5 Å². The fraction of sp³-hybridized carbons (Fsp3) is 0.200. The van der Waals surface area contributed by atoms with E-state index in [2.05, 4.69) is 55.0 Å². The van der Waals surface area contributed by atoms with Crippen LogP contribution in [0.3, 0.4) is 0 Å². The number of hydrogen-bond acceptors (Lipinski definition) is 5. The Morgan fingerprint density at radius 1 is 0.935 bits per heavy atom. The van der Waals surface area contributed by atoms with E-state index in [1.807, 2.05) is 48.9 Å². The summed E-state index contributed by atoms with van der Waals surface area (Å²) in [6.45, 7) is 6.53. The van der Waals surface area contributed by atoms with Gasteiger partial charge in [-0.2, -0.15) is 0 Å². The standard InChI is InChI=1S/C25H25N5S/c1-19(29-12-6-3-7-13-29)24-17-27-25-11-10-20(18-30(24)25)21-14-23(16-26-15-21)31-28-22-8-4-2-5-9-22/h2,4-5,8-11,14-18,28H,1,3,6-7,12-13H2. The minimum atomic E-state index is 0.932. The van der Waals surface area contributed by atoms with Crippen molar-refractivity contribution in [3.05, 3.63) is 85.6 Å². The molecule has 0 aliphatic carbocycles. The van der Waals surface area contributed by atoms with Crippen LogP contribution in [0.5, 0.6) is 0 Å². The Kier molecular flexibility index (Phi) is 5.63. The third kappa shape index (κ3) is 4.30. The number of fused-ring (bicyclic) bond motifs is 1. The molecule has 0 saturated carbocycles. The van der Waals surface area contributed by atoms with E-state index in [-0.39, 0.29) is 0 Å². The van der Waals surface area contributed by atoms with Crippen LogP contribution in [0.2, 0.25) is 0 Å². The van der Waals surface area contributed by atoms with Gasteiger partial charge in [-0.15, -0.1) is 0 Å². The Bertz CT molecular complexity index is 1200. The Morgan fingerprint density at radius 3 is 2.61 bits per heavy atom. The number of hydrogen-bond donors (Lipinski definition) is 1. The van der Waals surface area contributed by atoms with Gasteiger partial charge in [-0.1, -0.05) is 24.8 Å². The van der Waals surface area contributed by atoms with E-state index in [0.717, 1.165) is 51.8 Å². The van der Waals surface area contributed by atoms with Crippen molar-refractivity contribution in [1.29, 1.82) is 0 Å². The molecule has 1 aromatic carbocycles. The summed E-state index contributed by atoms with van der Waals surface area (Å²) in [4.78, 5) is 12.5. The number of rotatable bonds is 6. The van der Waals surface area contributed by atoms with Gasteiger partial charge in [0, 0.05) is 53.4 Å².